The molecule has 22 heavy (non-hydrogen) atoms. The third-order valence-corrected chi connectivity index (χ3v) is 5.63. The van der Waals surface area contributed by atoms with E-state index in [1.807, 2.05) is 30.3 Å². The number of nitrogens with one attached hydrogen (secondary N) is 1. The summed E-state index contributed by atoms with van der Waals surface area (Å²) < 4.78 is 28.1. The van der Waals surface area contributed by atoms with Gasteiger partial charge in [0.2, 0.25) is 10.0 Å². The quantitative estimate of drug-likeness (QED) is 0.787. The zero-order valence-electron chi connectivity index (χ0n) is 13.4. The molecule has 1 unspecified atom stereocenters. The lowest BCUT2D eigenvalue weighted by Crippen LogP contribution is -2.29. The second kappa shape index (κ2) is 7.75. The van der Waals surface area contributed by atoms with Gasteiger partial charge in [0, 0.05) is 11.9 Å². The van der Waals surface area contributed by atoms with Crippen LogP contribution in [-0.2, 0) is 10.0 Å². The summed E-state index contributed by atoms with van der Waals surface area (Å²) in [5, 5.41) is 1.72. The first-order valence-electron chi connectivity index (χ1n) is 8.06. The van der Waals surface area contributed by atoms with Gasteiger partial charge < -0.3 is 0 Å². The Hall–Kier alpha value is -1.39. The van der Waals surface area contributed by atoms with E-state index in [0.717, 1.165) is 36.5 Å². The van der Waals surface area contributed by atoms with E-state index in [1.54, 1.807) is 12.1 Å². The highest BCUT2D eigenvalue weighted by Gasteiger charge is 2.18. The highest BCUT2D eigenvalue weighted by Crippen LogP contribution is 2.23. The van der Waals surface area contributed by atoms with Crippen molar-refractivity contribution in [3.8, 4) is 0 Å². The molecule has 0 saturated carbocycles. The Bertz CT molecular complexity index is 705. The predicted molar refractivity (Wildman–Crippen MR) is 92.4 cm³/mol. The van der Waals surface area contributed by atoms with E-state index in [9.17, 15) is 8.42 Å². The number of hydrogen-bond acceptors (Lipinski definition) is 2. The molecule has 0 bridgehead atoms. The fraction of sp³-hybridized carbons (Fsp3) is 0.444. The second-order valence-corrected chi connectivity index (χ2v) is 7.48. The van der Waals surface area contributed by atoms with Crippen molar-refractivity contribution >= 4 is 20.8 Å². The van der Waals surface area contributed by atoms with E-state index in [2.05, 4.69) is 18.6 Å². The summed E-state index contributed by atoms with van der Waals surface area (Å²) in [4.78, 5) is 0.371. The SMILES string of the molecule is CCCCC(CC)CNS(=O)(=O)c1cccc2ccccc12. The van der Waals surface area contributed by atoms with Crippen LogP contribution in [0.5, 0.6) is 0 Å². The van der Waals surface area contributed by atoms with Gasteiger partial charge in [-0.15, -0.1) is 0 Å². The monoisotopic (exact) mass is 319 g/mol. The molecule has 0 aromatic heterocycles. The van der Waals surface area contributed by atoms with Gasteiger partial charge >= 0.3 is 0 Å². The molecule has 2 aromatic rings. The first-order valence-corrected chi connectivity index (χ1v) is 9.54. The molecule has 2 rings (SSSR count). The van der Waals surface area contributed by atoms with Gasteiger partial charge in [-0.1, -0.05) is 69.5 Å². The Kier molecular flexibility index (Phi) is 5.98. The summed E-state index contributed by atoms with van der Waals surface area (Å²) >= 11 is 0. The molecule has 0 radical (unpaired) electrons. The van der Waals surface area contributed by atoms with Crippen LogP contribution in [0, 0.1) is 5.92 Å². The molecule has 3 nitrogen and oxygen atoms in total. The molecule has 0 spiro atoms. The van der Waals surface area contributed by atoms with Crippen molar-refractivity contribution in [2.75, 3.05) is 6.54 Å². The Labute approximate surface area is 133 Å². The molecular weight excluding hydrogens is 294 g/mol. The molecule has 0 fully saturated rings. The minimum absolute atomic E-state index is 0.371. The number of hydrogen-bond donors (Lipinski definition) is 1. The maximum atomic E-state index is 12.6. The Morgan fingerprint density at radius 3 is 2.50 bits per heavy atom. The van der Waals surface area contributed by atoms with Crippen molar-refractivity contribution in [3.63, 3.8) is 0 Å². The number of benzene rings is 2. The summed E-state index contributed by atoms with van der Waals surface area (Å²) in [6.07, 6.45) is 4.37. The van der Waals surface area contributed by atoms with E-state index in [4.69, 9.17) is 0 Å². The van der Waals surface area contributed by atoms with E-state index in [-0.39, 0.29) is 0 Å². The van der Waals surface area contributed by atoms with Crippen molar-refractivity contribution in [1.29, 1.82) is 0 Å². The predicted octanol–water partition coefficient (Wildman–Crippen LogP) is 4.33. The first kappa shape index (κ1) is 17.0. The fourth-order valence-corrected chi connectivity index (χ4v) is 4.02. The van der Waals surface area contributed by atoms with Gasteiger partial charge in [0.15, 0.2) is 0 Å². The zero-order valence-corrected chi connectivity index (χ0v) is 14.2. The van der Waals surface area contributed by atoms with Crippen LogP contribution in [0.4, 0.5) is 0 Å². The maximum absolute atomic E-state index is 12.6. The molecule has 1 atom stereocenters. The van der Waals surface area contributed by atoms with Crippen LogP contribution in [0.15, 0.2) is 47.4 Å². The van der Waals surface area contributed by atoms with E-state index in [0.29, 0.717) is 17.4 Å². The van der Waals surface area contributed by atoms with Crippen LogP contribution in [0.1, 0.15) is 39.5 Å². The van der Waals surface area contributed by atoms with Gasteiger partial charge in [-0.2, -0.15) is 0 Å². The van der Waals surface area contributed by atoms with Crippen LogP contribution < -0.4 is 4.72 Å². The summed E-state index contributed by atoms with van der Waals surface area (Å²) in [6.45, 7) is 4.79. The van der Waals surface area contributed by atoms with Crippen molar-refractivity contribution in [2.24, 2.45) is 5.92 Å². The van der Waals surface area contributed by atoms with Crippen LogP contribution in [-0.4, -0.2) is 15.0 Å². The van der Waals surface area contributed by atoms with Gasteiger partial charge in [-0.3, -0.25) is 0 Å². The average molecular weight is 319 g/mol. The lowest BCUT2D eigenvalue weighted by molar-refractivity contribution is 0.444. The molecule has 0 saturated heterocycles. The highest BCUT2D eigenvalue weighted by atomic mass is 32.2. The first-order chi connectivity index (χ1) is 10.6. The third-order valence-electron chi connectivity index (χ3n) is 4.14. The molecule has 120 valence electrons. The molecule has 2 aromatic carbocycles. The van der Waals surface area contributed by atoms with Crippen molar-refractivity contribution < 1.29 is 8.42 Å². The molecule has 0 heterocycles. The van der Waals surface area contributed by atoms with Crippen molar-refractivity contribution in [3.05, 3.63) is 42.5 Å². The van der Waals surface area contributed by atoms with E-state index in [1.165, 1.54) is 0 Å². The standard InChI is InChI=1S/C18H25NO2S/c1-3-5-9-15(4-2)14-19-22(20,21)18-13-8-11-16-10-6-7-12-17(16)18/h6-8,10-13,15,19H,3-5,9,14H2,1-2H3. The normalized spacial score (nSPS) is 13.4. The van der Waals surface area contributed by atoms with Gasteiger partial charge in [-0.25, -0.2) is 13.1 Å². The van der Waals surface area contributed by atoms with Gasteiger partial charge in [0.25, 0.3) is 0 Å². The number of fused-ring (bicyclic) bond motifs is 1. The Morgan fingerprint density at radius 1 is 1.05 bits per heavy atom. The minimum Gasteiger partial charge on any atom is -0.211 e. The van der Waals surface area contributed by atoms with Crippen LogP contribution in [0.3, 0.4) is 0 Å². The van der Waals surface area contributed by atoms with Crippen LogP contribution in [0.2, 0.25) is 0 Å². The zero-order chi connectivity index (χ0) is 16.0. The van der Waals surface area contributed by atoms with Gasteiger partial charge in [0.05, 0.1) is 4.90 Å². The summed E-state index contributed by atoms with van der Waals surface area (Å²) in [5.41, 5.74) is 0. The molecule has 1 N–H and O–H groups in total. The maximum Gasteiger partial charge on any atom is 0.241 e. The molecule has 0 aliphatic carbocycles. The topological polar surface area (TPSA) is 46.2 Å². The summed E-state index contributed by atoms with van der Waals surface area (Å²) in [7, 11) is -3.47. The highest BCUT2D eigenvalue weighted by molar-refractivity contribution is 7.89. The van der Waals surface area contributed by atoms with Crippen LogP contribution in [0.25, 0.3) is 10.8 Å². The Morgan fingerprint density at radius 2 is 1.77 bits per heavy atom. The van der Waals surface area contributed by atoms with E-state index >= 15 is 0 Å². The Balaban J connectivity index is 2.19. The molecule has 0 aliphatic heterocycles. The lowest BCUT2D eigenvalue weighted by atomic mass is 10.00. The second-order valence-electron chi connectivity index (χ2n) is 5.75. The molecule has 4 heteroatoms. The molecular formula is C18H25NO2S. The summed E-state index contributed by atoms with van der Waals surface area (Å²) in [5.74, 6) is 0.407. The van der Waals surface area contributed by atoms with Crippen LogP contribution >= 0.6 is 0 Å². The minimum atomic E-state index is -3.47. The van der Waals surface area contributed by atoms with Gasteiger partial charge in [-0.05, 0) is 23.8 Å². The smallest absolute Gasteiger partial charge is 0.211 e. The number of unbranched alkanes of at least 4 members (excludes halogenated alkanes) is 1. The third kappa shape index (κ3) is 4.08. The van der Waals surface area contributed by atoms with Crippen molar-refractivity contribution in [1.82, 2.24) is 4.72 Å². The number of rotatable bonds is 8. The number of sulfonamides is 1. The molecule has 0 aliphatic rings. The largest absolute Gasteiger partial charge is 0.241 e. The van der Waals surface area contributed by atoms with Gasteiger partial charge in [0.1, 0.15) is 0 Å². The van der Waals surface area contributed by atoms with E-state index < -0.39 is 10.0 Å². The van der Waals surface area contributed by atoms with Crippen molar-refractivity contribution in [2.45, 2.75) is 44.4 Å². The average Bonchev–Trinajstić information content (AvgIpc) is 2.54. The lowest BCUT2D eigenvalue weighted by Gasteiger charge is -2.16. The fourth-order valence-electron chi connectivity index (χ4n) is 2.68. The molecule has 0 amide bonds. The summed E-state index contributed by atoms with van der Waals surface area (Å²) in [6, 6.07) is 13.0.